The van der Waals surface area contributed by atoms with E-state index in [1.807, 2.05) is 11.6 Å². The summed E-state index contributed by atoms with van der Waals surface area (Å²) in [5.41, 5.74) is 1.54. The number of nitrogens with zero attached hydrogens (tertiary/aromatic N) is 2. The first-order valence-corrected chi connectivity index (χ1v) is 5.91. The molecule has 2 nitrogen and oxygen atoms in total. The van der Waals surface area contributed by atoms with Gasteiger partial charge in [-0.05, 0) is 25.2 Å². The smallest absolute Gasteiger partial charge is 0.0814 e. The maximum absolute atomic E-state index is 5.93. The molecule has 13 heavy (non-hydrogen) atoms. The van der Waals surface area contributed by atoms with Crippen LogP contribution in [0, 0.1) is 12.3 Å². The van der Waals surface area contributed by atoms with Crippen LogP contribution in [0.4, 0.5) is 0 Å². The normalized spacial score (nSPS) is 19.0. The Balaban J connectivity index is 2.14. The van der Waals surface area contributed by atoms with Gasteiger partial charge in [0.25, 0.3) is 0 Å². The third-order valence-electron chi connectivity index (χ3n) is 2.77. The van der Waals surface area contributed by atoms with Crippen LogP contribution in [0.25, 0.3) is 0 Å². The van der Waals surface area contributed by atoms with Gasteiger partial charge in [-0.2, -0.15) is 5.10 Å². The van der Waals surface area contributed by atoms with Crippen molar-refractivity contribution >= 4 is 27.5 Å². The maximum atomic E-state index is 5.93. The van der Waals surface area contributed by atoms with Crippen LogP contribution in [0.15, 0.2) is 6.20 Å². The Morgan fingerprint density at radius 2 is 2.38 bits per heavy atom. The van der Waals surface area contributed by atoms with Gasteiger partial charge in [0.2, 0.25) is 0 Å². The molecule has 4 heteroatoms. The molecule has 0 saturated heterocycles. The largest absolute Gasteiger partial charge is 0.268 e. The Labute approximate surface area is 91.4 Å². The highest BCUT2D eigenvalue weighted by atomic mass is 79.9. The van der Waals surface area contributed by atoms with E-state index in [1.165, 1.54) is 12.8 Å². The second kappa shape index (κ2) is 3.28. The van der Waals surface area contributed by atoms with Crippen LogP contribution < -0.4 is 0 Å². The van der Waals surface area contributed by atoms with E-state index >= 15 is 0 Å². The summed E-state index contributed by atoms with van der Waals surface area (Å²) in [4.78, 5) is 0. The molecule has 0 unspecified atom stereocenters. The molecule has 1 fully saturated rings. The van der Waals surface area contributed by atoms with E-state index in [0.29, 0.717) is 5.41 Å². The Morgan fingerprint density at radius 1 is 1.69 bits per heavy atom. The van der Waals surface area contributed by atoms with Crippen LogP contribution in [0.3, 0.4) is 0 Å². The van der Waals surface area contributed by atoms with Crippen molar-refractivity contribution in [1.29, 1.82) is 0 Å². The summed E-state index contributed by atoms with van der Waals surface area (Å²) < 4.78 is 2.01. The number of hydrogen-bond acceptors (Lipinski definition) is 1. The molecule has 1 aromatic heterocycles. The zero-order valence-corrected chi connectivity index (χ0v) is 9.90. The van der Waals surface area contributed by atoms with Crippen LogP contribution in [0.2, 0.25) is 5.02 Å². The molecule has 0 aliphatic heterocycles. The Morgan fingerprint density at radius 3 is 2.77 bits per heavy atom. The van der Waals surface area contributed by atoms with Crippen LogP contribution in [0.5, 0.6) is 0 Å². The first-order valence-electron chi connectivity index (χ1n) is 4.41. The van der Waals surface area contributed by atoms with E-state index < -0.39 is 0 Å². The number of hydrogen-bond donors (Lipinski definition) is 0. The van der Waals surface area contributed by atoms with Crippen molar-refractivity contribution in [2.75, 3.05) is 5.33 Å². The second-order valence-corrected chi connectivity index (χ2v) is 4.84. The topological polar surface area (TPSA) is 17.8 Å². The van der Waals surface area contributed by atoms with E-state index in [0.717, 1.165) is 22.6 Å². The van der Waals surface area contributed by atoms with Gasteiger partial charge < -0.3 is 0 Å². The van der Waals surface area contributed by atoms with Gasteiger partial charge in [0.1, 0.15) is 0 Å². The van der Waals surface area contributed by atoms with Crippen LogP contribution in [0.1, 0.15) is 18.5 Å². The molecule has 0 radical (unpaired) electrons. The molecule has 1 aromatic rings. The maximum Gasteiger partial charge on any atom is 0.0814 e. The van der Waals surface area contributed by atoms with Gasteiger partial charge in [-0.1, -0.05) is 27.5 Å². The van der Waals surface area contributed by atoms with Crippen molar-refractivity contribution in [3.8, 4) is 0 Å². The highest BCUT2D eigenvalue weighted by molar-refractivity contribution is 9.09. The molecule has 1 aliphatic carbocycles. The van der Waals surface area contributed by atoms with Crippen LogP contribution in [-0.2, 0) is 6.54 Å². The zero-order valence-electron chi connectivity index (χ0n) is 7.56. The number of rotatable bonds is 3. The molecule has 0 amide bonds. The molecule has 1 saturated carbocycles. The van der Waals surface area contributed by atoms with Gasteiger partial charge >= 0.3 is 0 Å². The Bertz CT molecular complexity index is 317. The van der Waals surface area contributed by atoms with E-state index in [-0.39, 0.29) is 0 Å². The molecule has 0 N–H and O–H groups in total. The minimum atomic E-state index is 0.458. The van der Waals surface area contributed by atoms with Gasteiger partial charge in [-0.3, -0.25) is 4.68 Å². The lowest BCUT2D eigenvalue weighted by Gasteiger charge is -2.12. The van der Waals surface area contributed by atoms with E-state index in [9.17, 15) is 0 Å². The molecule has 0 atom stereocenters. The molecule has 1 aliphatic rings. The first kappa shape index (κ1) is 9.53. The number of halogens is 2. The van der Waals surface area contributed by atoms with Crippen molar-refractivity contribution in [3.05, 3.63) is 16.9 Å². The summed E-state index contributed by atoms with van der Waals surface area (Å²) in [6.45, 7) is 3.01. The monoisotopic (exact) mass is 262 g/mol. The van der Waals surface area contributed by atoms with Crippen LogP contribution in [-0.4, -0.2) is 15.1 Å². The molecular weight excluding hydrogens is 251 g/mol. The summed E-state index contributed by atoms with van der Waals surface area (Å²) in [5.74, 6) is 0. The minimum Gasteiger partial charge on any atom is -0.268 e. The predicted octanol–water partition coefficient (Wildman–Crippen LogP) is 3.02. The predicted molar refractivity (Wildman–Crippen MR) is 57.4 cm³/mol. The van der Waals surface area contributed by atoms with Crippen LogP contribution >= 0.6 is 27.5 Å². The summed E-state index contributed by atoms with van der Waals surface area (Å²) in [5, 5.41) is 6.09. The molecule has 2 rings (SSSR count). The first-order chi connectivity index (χ1) is 6.17. The SMILES string of the molecule is Cc1c(Cl)cnn1CC1(CBr)CC1. The van der Waals surface area contributed by atoms with Crippen molar-refractivity contribution in [1.82, 2.24) is 9.78 Å². The third kappa shape index (κ3) is 1.77. The molecule has 0 spiro atoms. The van der Waals surface area contributed by atoms with Gasteiger partial charge in [-0.15, -0.1) is 0 Å². The van der Waals surface area contributed by atoms with Gasteiger partial charge in [0, 0.05) is 11.9 Å². The Hall–Kier alpha value is -0.0200. The lowest BCUT2D eigenvalue weighted by molar-refractivity contribution is 0.435. The van der Waals surface area contributed by atoms with Crippen molar-refractivity contribution in [2.45, 2.75) is 26.3 Å². The molecule has 0 bridgehead atoms. The van der Waals surface area contributed by atoms with Gasteiger partial charge in [-0.25, -0.2) is 0 Å². The van der Waals surface area contributed by atoms with Crippen molar-refractivity contribution in [2.24, 2.45) is 5.41 Å². The van der Waals surface area contributed by atoms with E-state index in [2.05, 4.69) is 21.0 Å². The number of aromatic nitrogens is 2. The molecule has 0 aromatic carbocycles. The molecule has 1 heterocycles. The zero-order chi connectivity index (χ0) is 9.47. The summed E-state index contributed by atoms with van der Waals surface area (Å²) >= 11 is 9.47. The molecule has 72 valence electrons. The average Bonchev–Trinajstić information content (AvgIpc) is 2.85. The van der Waals surface area contributed by atoms with Crippen molar-refractivity contribution in [3.63, 3.8) is 0 Å². The summed E-state index contributed by atoms with van der Waals surface area (Å²) in [6.07, 6.45) is 4.32. The lowest BCUT2D eigenvalue weighted by atomic mass is 10.1. The van der Waals surface area contributed by atoms with Crippen molar-refractivity contribution < 1.29 is 0 Å². The van der Waals surface area contributed by atoms with E-state index in [4.69, 9.17) is 11.6 Å². The quantitative estimate of drug-likeness (QED) is 0.767. The fraction of sp³-hybridized carbons (Fsp3) is 0.667. The average molecular weight is 264 g/mol. The second-order valence-electron chi connectivity index (χ2n) is 3.87. The Kier molecular flexibility index (Phi) is 2.41. The minimum absolute atomic E-state index is 0.458. The number of alkyl halides is 1. The van der Waals surface area contributed by atoms with Gasteiger partial charge in [0.15, 0.2) is 0 Å². The molecular formula is C9H12BrClN2. The lowest BCUT2D eigenvalue weighted by Crippen LogP contribution is -2.15. The highest BCUT2D eigenvalue weighted by Gasteiger charge is 2.42. The summed E-state index contributed by atoms with van der Waals surface area (Å²) in [6, 6.07) is 0. The standard InChI is InChI=1S/C9H12BrClN2/c1-7-8(11)4-12-13(7)6-9(5-10)2-3-9/h4H,2-3,5-6H2,1H3. The fourth-order valence-electron chi connectivity index (χ4n) is 1.41. The third-order valence-corrected chi connectivity index (χ3v) is 4.33. The highest BCUT2D eigenvalue weighted by Crippen LogP contribution is 2.48. The fourth-order valence-corrected chi connectivity index (χ4v) is 2.29. The van der Waals surface area contributed by atoms with Gasteiger partial charge in [0.05, 0.1) is 16.9 Å². The van der Waals surface area contributed by atoms with E-state index in [1.54, 1.807) is 6.20 Å². The summed E-state index contributed by atoms with van der Waals surface area (Å²) in [7, 11) is 0.